The Morgan fingerprint density at radius 1 is 1.36 bits per heavy atom. The van der Waals surface area contributed by atoms with E-state index in [4.69, 9.17) is 17.0 Å². The topological polar surface area (TPSA) is 82.7 Å². The molecular weight excluding hydrogens is 457 g/mol. The average molecular weight is 487 g/mol. The fraction of sp³-hybridized carbons (Fsp3) is 0.591. The molecule has 2 aliphatic rings. The number of benzene rings is 1. The lowest BCUT2D eigenvalue weighted by Gasteiger charge is -2.39. The van der Waals surface area contributed by atoms with Crippen LogP contribution >= 0.6 is 12.2 Å². The maximum atomic E-state index is 13.9. The molecule has 0 unspecified atom stereocenters. The molecule has 1 fully saturated rings. The van der Waals surface area contributed by atoms with Gasteiger partial charge in [-0.1, -0.05) is 19.1 Å². The summed E-state index contributed by atoms with van der Waals surface area (Å²) in [6.45, 7) is 6.64. The maximum absolute atomic E-state index is 13.9. The molecule has 1 aromatic rings. The van der Waals surface area contributed by atoms with Crippen LogP contribution in [-0.4, -0.2) is 54.6 Å². The number of alkyl halides is 3. The van der Waals surface area contributed by atoms with E-state index >= 15 is 0 Å². The third-order valence-corrected chi connectivity index (χ3v) is 6.11. The molecule has 182 valence electrons. The molecule has 2 heterocycles. The summed E-state index contributed by atoms with van der Waals surface area (Å²) in [6, 6.07) is 1.65. The van der Waals surface area contributed by atoms with Gasteiger partial charge in [-0.2, -0.15) is 13.2 Å². The highest BCUT2D eigenvalue weighted by Crippen LogP contribution is 2.43. The largest absolute Gasteiger partial charge is 0.476 e. The van der Waals surface area contributed by atoms with E-state index < -0.39 is 34.7 Å². The number of fused-ring (bicyclic) bond motifs is 1. The number of piperidine rings is 1. The standard InChI is InChI=1S/C22H29F3N4O3S/c1-4-18(33)27-8-9-29-16-10-14(19(30)28-13-6-5-7-26-12-13)15(22(23,24)25)11-17(16)32-21(2,3)20(29)31/h10-11,13,26H,4-9,12H2,1-3H3,(H,27,33)(H,28,30)/t13-/m1/s1. The van der Waals surface area contributed by atoms with E-state index in [1.54, 1.807) is 0 Å². The lowest BCUT2D eigenvalue weighted by Crippen LogP contribution is -2.54. The van der Waals surface area contributed by atoms with Crippen LogP contribution in [0.15, 0.2) is 12.1 Å². The van der Waals surface area contributed by atoms with Crippen molar-refractivity contribution in [2.45, 2.75) is 57.9 Å². The normalized spacial score (nSPS) is 20.0. The quantitative estimate of drug-likeness (QED) is 0.537. The monoisotopic (exact) mass is 486 g/mol. The second-order valence-electron chi connectivity index (χ2n) is 8.65. The van der Waals surface area contributed by atoms with Gasteiger partial charge in [-0.05, 0) is 51.8 Å². The highest BCUT2D eigenvalue weighted by Gasteiger charge is 2.44. The Bertz CT molecular complexity index is 930. The fourth-order valence-corrected chi connectivity index (χ4v) is 4.03. The van der Waals surface area contributed by atoms with Crippen LogP contribution in [0.4, 0.5) is 18.9 Å². The highest BCUT2D eigenvalue weighted by molar-refractivity contribution is 7.80. The number of halogens is 3. The van der Waals surface area contributed by atoms with E-state index in [2.05, 4.69) is 16.0 Å². The van der Waals surface area contributed by atoms with E-state index in [0.29, 0.717) is 30.9 Å². The lowest BCUT2D eigenvalue weighted by molar-refractivity contribution is -0.138. The van der Waals surface area contributed by atoms with Gasteiger partial charge in [-0.25, -0.2) is 0 Å². The molecular formula is C22H29F3N4O3S. The highest BCUT2D eigenvalue weighted by atomic mass is 32.1. The molecule has 0 saturated carbocycles. The van der Waals surface area contributed by atoms with Crippen molar-refractivity contribution in [2.24, 2.45) is 0 Å². The van der Waals surface area contributed by atoms with Crippen molar-refractivity contribution in [3.05, 3.63) is 23.3 Å². The summed E-state index contributed by atoms with van der Waals surface area (Å²) < 4.78 is 47.4. The van der Waals surface area contributed by atoms with Crippen molar-refractivity contribution in [1.82, 2.24) is 16.0 Å². The molecule has 3 rings (SSSR count). The first-order valence-corrected chi connectivity index (χ1v) is 11.4. The molecule has 0 spiro atoms. The summed E-state index contributed by atoms with van der Waals surface area (Å²) in [5, 5.41) is 8.82. The zero-order valence-electron chi connectivity index (χ0n) is 18.9. The Balaban J connectivity index is 1.99. The molecule has 33 heavy (non-hydrogen) atoms. The van der Waals surface area contributed by atoms with Crippen LogP contribution in [-0.2, 0) is 11.0 Å². The van der Waals surface area contributed by atoms with Crippen LogP contribution < -0.4 is 25.6 Å². The summed E-state index contributed by atoms with van der Waals surface area (Å²) in [7, 11) is 0. The average Bonchev–Trinajstić information content (AvgIpc) is 2.75. The van der Waals surface area contributed by atoms with Crippen molar-refractivity contribution in [3.63, 3.8) is 0 Å². The first-order valence-electron chi connectivity index (χ1n) is 11.0. The van der Waals surface area contributed by atoms with Gasteiger partial charge in [-0.3, -0.25) is 9.59 Å². The van der Waals surface area contributed by atoms with Crippen molar-refractivity contribution >= 4 is 34.7 Å². The number of thiocarbonyl (C=S) groups is 1. The zero-order valence-corrected chi connectivity index (χ0v) is 19.7. The van der Waals surface area contributed by atoms with Gasteiger partial charge in [0.15, 0.2) is 5.60 Å². The van der Waals surface area contributed by atoms with Crippen LogP contribution in [0.2, 0.25) is 0 Å². The van der Waals surface area contributed by atoms with Crippen LogP contribution in [0.5, 0.6) is 5.75 Å². The molecule has 0 aliphatic carbocycles. The summed E-state index contributed by atoms with van der Waals surface area (Å²) >= 11 is 5.14. The number of carbonyl (C=O) groups is 2. The van der Waals surface area contributed by atoms with Crippen LogP contribution in [0.3, 0.4) is 0 Å². The van der Waals surface area contributed by atoms with E-state index in [1.165, 1.54) is 18.7 Å². The third kappa shape index (κ3) is 5.75. The molecule has 3 N–H and O–H groups in total. The molecule has 1 atom stereocenters. The Morgan fingerprint density at radius 2 is 2.09 bits per heavy atom. The minimum absolute atomic E-state index is 0.0964. The Kier molecular flexibility index (Phi) is 7.52. The number of amides is 2. The number of hydrogen-bond donors (Lipinski definition) is 3. The van der Waals surface area contributed by atoms with Crippen LogP contribution in [0.25, 0.3) is 0 Å². The van der Waals surface area contributed by atoms with E-state index in [9.17, 15) is 22.8 Å². The van der Waals surface area contributed by atoms with E-state index in [0.717, 1.165) is 25.1 Å². The van der Waals surface area contributed by atoms with Crippen molar-refractivity contribution in [2.75, 3.05) is 31.1 Å². The van der Waals surface area contributed by atoms with Gasteiger partial charge in [0.25, 0.3) is 11.8 Å². The molecule has 0 bridgehead atoms. The summed E-state index contributed by atoms with van der Waals surface area (Å²) in [4.78, 5) is 27.9. The summed E-state index contributed by atoms with van der Waals surface area (Å²) in [5.41, 5.74) is -2.87. The molecule has 1 saturated heterocycles. The molecule has 7 nitrogen and oxygen atoms in total. The number of nitrogens with one attached hydrogen (secondary N) is 3. The van der Waals surface area contributed by atoms with Gasteiger partial charge in [0, 0.05) is 25.7 Å². The van der Waals surface area contributed by atoms with Gasteiger partial charge in [0.2, 0.25) is 0 Å². The van der Waals surface area contributed by atoms with Gasteiger partial charge < -0.3 is 25.6 Å². The second-order valence-corrected chi connectivity index (χ2v) is 9.15. The second kappa shape index (κ2) is 9.84. The number of anilines is 1. The van der Waals surface area contributed by atoms with Gasteiger partial charge in [0.05, 0.1) is 21.8 Å². The Labute approximate surface area is 196 Å². The lowest BCUT2D eigenvalue weighted by atomic mass is 9.98. The first kappa shape index (κ1) is 25.2. The zero-order chi connectivity index (χ0) is 24.4. The minimum Gasteiger partial charge on any atom is -0.476 e. The first-order chi connectivity index (χ1) is 15.4. The van der Waals surface area contributed by atoms with Crippen molar-refractivity contribution < 1.29 is 27.5 Å². The predicted octanol–water partition coefficient (Wildman–Crippen LogP) is 3.02. The Morgan fingerprint density at radius 3 is 2.70 bits per heavy atom. The molecule has 2 aliphatic heterocycles. The Hall–Kier alpha value is -2.40. The van der Waals surface area contributed by atoms with E-state index in [1.807, 2.05) is 6.92 Å². The van der Waals surface area contributed by atoms with Gasteiger partial charge >= 0.3 is 6.18 Å². The third-order valence-electron chi connectivity index (χ3n) is 5.68. The summed E-state index contributed by atoms with van der Waals surface area (Å²) in [5.74, 6) is -1.34. The smallest absolute Gasteiger partial charge is 0.417 e. The molecule has 2 amide bonds. The summed E-state index contributed by atoms with van der Waals surface area (Å²) in [6.07, 6.45) is -2.65. The van der Waals surface area contributed by atoms with Crippen LogP contribution in [0.1, 0.15) is 56.0 Å². The predicted molar refractivity (Wildman–Crippen MR) is 123 cm³/mol. The fourth-order valence-electron chi connectivity index (χ4n) is 3.93. The number of carbonyl (C=O) groups excluding carboxylic acids is 2. The molecule has 1 aromatic carbocycles. The number of nitrogens with zero attached hydrogens (tertiary/aromatic N) is 1. The molecule has 11 heteroatoms. The minimum atomic E-state index is -4.78. The van der Waals surface area contributed by atoms with E-state index in [-0.39, 0.29) is 24.0 Å². The molecule has 0 radical (unpaired) electrons. The SMILES string of the molecule is CCC(=S)NCCN1C(=O)C(C)(C)Oc2cc(C(F)(F)F)c(C(=O)N[C@@H]3CCCNC3)cc21. The number of hydrogen-bond acceptors (Lipinski definition) is 5. The maximum Gasteiger partial charge on any atom is 0.417 e. The van der Waals surface area contributed by atoms with Crippen LogP contribution in [0, 0.1) is 0 Å². The van der Waals surface area contributed by atoms with Crippen molar-refractivity contribution in [1.29, 1.82) is 0 Å². The molecule has 0 aromatic heterocycles. The number of ether oxygens (including phenoxy) is 1. The van der Waals surface area contributed by atoms with Gasteiger partial charge in [0.1, 0.15) is 5.75 Å². The van der Waals surface area contributed by atoms with Gasteiger partial charge in [-0.15, -0.1) is 0 Å². The van der Waals surface area contributed by atoms with Crippen molar-refractivity contribution in [3.8, 4) is 5.75 Å². The number of rotatable bonds is 6.